The van der Waals surface area contributed by atoms with Gasteiger partial charge in [-0.25, -0.2) is 0 Å². The first kappa shape index (κ1) is 17.6. The van der Waals surface area contributed by atoms with Gasteiger partial charge in [0.2, 0.25) is 12.3 Å². The third-order valence-corrected chi connectivity index (χ3v) is 5.61. The minimum atomic E-state index is -0.0434. The maximum Gasteiger partial charge on any atom is 0.264 e. The van der Waals surface area contributed by atoms with Crippen LogP contribution in [0.4, 0.5) is 5.69 Å². The molecule has 0 spiro atoms. The van der Waals surface area contributed by atoms with Crippen LogP contribution >= 0.6 is 11.8 Å². The highest BCUT2D eigenvalue weighted by atomic mass is 32.2. The molecule has 1 amide bonds. The molecule has 138 valence electrons. The highest BCUT2D eigenvalue weighted by Gasteiger charge is 2.24. The molecule has 1 atom stereocenters. The van der Waals surface area contributed by atoms with Gasteiger partial charge in [-0.2, -0.15) is 0 Å². The number of ether oxygens (including phenoxy) is 1. The van der Waals surface area contributed by atoms with E-state index < -0.39 is 0 Å². The number of hydrogen-bond donors (Lipinski definition) is 0. The molecule has 4 rings (SSSR count). The molecule has 27 heavy (non-hydrogen) atoms. The molecule has 0 radical (unpaired) electrons. The summed E-state index contributed by atoms with van der Waals surface area (Å²) in [6.45, 7) is 2.88. The number of anilines is 1. The number of thioether (sulfide) groups is 1. The van der Waals surface area contributed by atoms with Crippen LogP contribution in [0.15, 0.2) is 64.2 Å². The Bertz CT molecular complexity index is 912. The molecule has 0 bridgehead atoms. The third-order valence-electron chi connectivity index (χ3n) is 4.37. The topological polar surface area (TPSA) is 68.5 Å². The van der Waals surface area contributed by atoms with E-state index in [0.29, 0.717) is 23.4 Å². The molecule has 2 heterocycles. The molecular formula is C20H19N3O3S. The van der Waals surface area contributed by atoms with Crippen molar-refractivity contribution in [2.45, 2.75) is 23.5 Å². The number of para-hydroxylation sites is 1. The molecule has 0 saturated heterocycles. The maximum atomic E-state index is 12.8. The maximum absolute atomic E-state index is 12.8. The summed E-state index contributed by atoms with van der Waals surface area (Å²) in [5.74, 6) is 1.03. The lowest BCUT2D eigenvalue weighted by Crippen LogP contribution is -2.36. The summed E-state index contributed by atoms with van der Waals surface area (Å²) >= 11 is 1.81. The second kappa shape index (κ2) is 7.84. The molecule has 7 heteroatoms. The average molecular weight is 381 g/mol. The molecule has 1 aliphatic rings. The zero-order chi connectivity index (χ0) is 18.6. The van der Waals surface area contributed by atoms with Crippen LogP contribution in [0.1, 0.15) is 13.3 Å². The molecule has 0 saturated carbocycles. The first-order chi connectivity index (χ1) is 13.2. The largest absolute Gasteiger partial charge is 0.484 e. The number of rotatable bonds is 4. The molecule has 1 aliphatic heterocycles. The number of carbonyl (C=O) groups excluding carboxylic acids is 1. The summed E-state index contributed by atoms with van der Waals surface area (Å²) in [4.78, 5) is 15.8. The van der Waals surface area contributed by atoms with Crippen LogP contribution in [-0.4, -0.2) is 34.5 Å². The van der Waals surface area contributed by atoms with Gasteiger partial charge in [0.05, 0.1) is 5.69 Å². The Hall–Kier alpha value is -2.80. The number of hydrogen-bond acceptors (Lipinski definition) is 6. The van der Waals surface area contributed by atoms with Gasteiger partial charge in [-0.1, -0.05) is 19.1 Å². The zero-order valence-electron chi connectivity index (χ0n) is 14.9. The first-order valence-electron chi connectivity index (χ1n) is 8.76. The van der Waals surface area contributed by atoms with Crippen molar-refractivity contribution in [3.63, 3.8) is 0 Å². The Kier molecular flexibility index (Phi) is 5.11. The Labute approximate surface area is 161 Å². The van der Waals surface area contributed by atoms with E-state index in [2.05, 4.69) is 23.2 Å². The minimum Gasteiger partial charge on any atom is -0.484 e. The van der Waals surface area contributed by atoms with Gasteiger partial charge in [0.1, 0.15) is 5.75 Å². The number of nitrogens with zero attached hydrogens (tertiary/aromatic N) is 3. The van der Waals surface area contributed by atoms with Crippen molar-refractivity contribution in [3.05, 3.63) is 54.9 Å². The van der Waals surface area contributed by atoms with E-state index in [9.17, 15) is 4.79 Å². The summed E-state index contributed by atoms with van der Waals surface area (Å²) in [6.07, 6.45) is 2.24. The van der Waals surface area contributed by atoms with Gasteiger partial charge in [0.15, 0.2) is 6.61 Å². The number of aromatic nitrogens is 2. The predicted octanol–water partition coefficient (Wildman–Crippen LogP) is 4.03. The summed E-state index contributed by atoms with van der Waals surface area (Å²) < 4.78 is 10.9. The lowest BCUT2D eigenvalue weighted by molar-refractivity contribution is -0.120. The van der Waals surface area contributed by atoms with E-state index in [0.717, 1.165) is 22.6 Å². The number of fused-ring (bicyclic) bond motifs is 1. The van der Waals surface area contributed by atoms with Crippen LogP contribution in [0.2, 0.25) is 0 Å². The van der Waals surface area contributed by atoms with Crippen molar-refractivity contribution in [1.29, 1.82) is 0 Å². The summed E-state index contributed by atoms with van der Waals surface area (Å²) in [7, 11) is 0. The van der Waals surface area contributed by atoms with Crippen LogP contribution in [0.25, 0.3) is 11.5 Å². The van der Waals surface area contributed by atoms with Crippen LogP contribution in [0.3, 0.4) is 0 Å². The van der Waals surface area contributed by atoms with Gasteiger partial charge >= 0.3 is 0 Å². The summed E-state index contributed by atoms with van der Waals surface area (Å²) in [5, 5.41) is 8.01. The molecule has 2 aromatic carbocycles. The Morgan fingerprint density at radius 1 is 1.26 bits per heavy atom. The highest BCUT2D eigenvalue weighted by Crippen LogP contribution is 2.37. The Morgan fingerprint density at radius 3 is 2.85 bits per heavy atom. The molecule has 0 unspecified atom stereocenters. The van der Waals surface area contributed by atoms with Gasteiger partial charge in [-0.05, 0) is 42.8 Å². The smallest absolute Gasteiger partial charge is 0.264 e. The quantitative estimate of drug-likeness (QED) is 0.680. The average Bonchev–Trinajstić information content (AvgIpc) is 3.17. The second-order valence-electron chi connectivity index (χ2n) is 6.29. The van der Waals surface area contributed by atoms with Gasteiger partial charge in [-0.15, -0.1) is 22.0 Å². The SMILES string of the molecule is C[C@H]1CCN(C(=O)COc2ccc(-c3nnco3)cc2)c2ccccc2S1. The Morgan fingerprint density at radius 2 is 2.07 bits per heavy atom. The Balaban J connectivity index is 1.43. The molecule has 0 N–H and O–H groups in total. The summed E-state index contributed by atoms with van der Waals surface area (Å²) in [6, 6.07) is 15.3. The van der Waals surface area contributed by atoms with Crippen molar-refractivity contribution in [2.24, 2.45) is 0 Å². The lowest BCUT2D eigenvalue weighted by Gasteiger charge is -2.22. The predicted molar refractivity (Wildman–Crippen MR) is 104 cm³/mol. The molecule has 3 aromatic rings. The van der Waals surface area contributed by atoms with Crippen LogP contribution in [0.5, 0.6) is 5.75 Å². The zero-order valence-corrected chi connectivity index (χ0v) is 15.7. The third kappa shape index (κ3) is 3.98. The first-order valence-corrected chi connectivity index (χ1v) is 9.64. The van der Waals surface area contributed by atoms with Gasteiger partial charge in [0.25, 0.3) is 5.91 Å². The normalized spacial score (nSPS) is 16.5. The van der Waals surface area contributed by atoms with E-state index in [1.165, 1.54) is 6.39 Å². The second-order valence-corrected chi connectivity index (χ2v) is 7.77. The molecule has 6 nitrogen and oxygen atoms in total. The van der Waals surface area contributed by atoms with Crippen LogP contribution in [-0.2, 0) is 4.79 Å². The lowest BCUT2D eigenvalue weighted by atomic mass is 10.2. The van der Waals surface area contributed by atoms with Gasteiger partial charge in [0, 0.05) is 22.3 Å². The van der Waals surface area contributed by atoms with E-state index in [-0.39, 0.29) is 12.5 Å². The number of benzene rings is 2. The van der Waals surface area contributed by atoms with Crippen LogP contribution in [0, 0.1) is 0 Å². The van der Waals surface area contributed by atoms with E-state index in [1.54, 1.807) is 12.1 Å². The van der Waals surface area contributed by atoms with Crippen molar-refractivity contribution < 1.29 is 13.9 Å². The fourth-order valence-corrected chi connectivity index (χ4v) is 4.07. The van der Waals surface area contributed by atoms with E-state index in [4.69, 9.17) is 9.15 Å². The number of carbonyl (C=O) groups is 1. The molecular weight excluding hydrogens is 362 g/mol. The van der Waals surface area contributed by atoms with Gasteiger partial charge < -0.3 is 14.1 Å². The molecule has 1 aromatic heterocycles. The fourth-order valence-electron chi connectivity index (χ4n) is 2.96. The van der Waals surface area contributed by atoms with Crippen molar-refractivity contribution >= 4 is 23.4 Å². The highest BCUT2D eigenvalue weighted by molar-refractivity contribution is 8.00. The number of amides is 1. The minimum absolute atomic E-state index is 0.00666. The van der Waals surface area contributed by atoms with Crippen molar-refractivity contribution in [2.75, 3.05) is 18.1 Å². The van der Waals surface area contributed by atoms with Crippen LogP contribution < -0.4 is 9.64 Å². The molecule has 0 aliphatic carbocycles. The van der Waals surface area contributed by atoms with E-state index >= 15 is 0 Å². The standard InChI is InChI=1S/C20H19N3O3S/c1-14-10-11-23(17-4-2-3-5-18(17)27-14)19(24)12-25-16-8-6-15(7-9-16)20-22-21-13-26-20/h2-9,13-14H,10-12H2,1H3/t14-/m0/s1. The van der Waals surface area contributed by atoms with Gasteiger partial charge in [-0.3, -0.25) is 4.79 Å². The fraction of sp³-hybridized carbons (Fsp3) is 0.250. The van der Waals surface area contributed by atoms with Crippen molar-refractivity contribution in [3.8, 4) is 17.2 Å². The van der Waals surface area contributed by atoms with E-state index in [1.807, 2.05) is 47.0 Å². The molecule has 0 fully saturated rings. The monoisotopic (exact) mass is 381 g/mol. The van der Waals surface area contributed by atoms with Crippen molar-refractivity contribution in [1.82, 2.24) is 10.2 Å². The summed E-state index contributed by atoms with van der Waals surface area (Å²) in [5.41, 5.74) is 1.77.